The van der Waals surface area contributed by atoms with Gasteiger partial charge in [-0.05, 0) is 55.9 Å². The van der Waals surface area contributed by atoms with Crippen LogP contribution in [0.1, 0.15) is 62.9 Å². The minimum absolute atomic E-state index is 0.0837. The fraction of sp³-hybridized carbons (Fsp3) is 0.464. The number of nitrogens with zero attached hydrogens (tertiary/aromatic N) is 1. The molecule has 0 aliphatic heterocycles. The summed E-state index contributed by atoms with van der Waals surface area (Å²) >= 11 is 0. The van der Waals surface area contributed by atoms with E-state index in [9.17, 15) is 14.4 Å². The van der Waals surface area contributed by atoms with Gasteiger partial charge in [0.15, 0.2) is 11.5 Å². The molecule has 1 aliphatic carbocycles. The van der Waals surface area contributed by atoms with Crippen LogP contribution < -0.4 is 26.0 Å². The molecule has 1 heterocycles. The Hall–Kier alpha value is -3.55. The normalized spacial score (nSPS) is 19.7. The fourth-order valence-electron chi connectivity index (χ4n) is 4.92. The minimum Gasteiger partial charge on any atom is -0.490 e. The van der Waals surface area contributed by atoms with Gasteiger partial charge in [-0.2, -0.15) is 0 Å². The number of nitrogens with one attached hydrogen (secondary N) is 2. The molecule has 1 saturated carbocycles. The monoisotopic (exact) mass is 493 g/mol. The quantitative estimate of drug-likeness (QED) is 0.492. The van der Waals surface area contributed by atoms with Gasteiger partial charge in [0.2, 0.25) is 0 Å². The van der Waals surface area contributed by atoms with E-state index in [0.29, 0.717) is 53.0 Å². The van der Waals surface area contributed by atoms with E-state index in [4.69, 9.17) is 9.47 Å². The molecule has 1 aromatic heterocycles. The van der Waals surface area contributed by atoms with Crippen molar-refractivity contribution in [3.63, 3.8) is 0 Å². The number of aromatic nitrogens is 2. The van der Waals surface area contributed by atoms with Crippen LogP contribution in [-0.2, 0) is 6.54 Å². The van der Waals surface area contributed by atoms with Crippen LogP contribution in [0.3, 0.4) is 0 Å². The van der Waals surface area contributed by atoms with Crippen LogP contribution in [0.4, 0.5) is 0 Å². The van der Waals surface area contributed by atoms with Gasteiger partial charge in [-0.1, -0.05) is 38.8 Å². The van der Waals surface area contributed by atoms with Crippen molar-refractivity contribution in [1.82, 2.24) is 14.9 Å². The van der Waals surface area contributed by atoms with Crippen molar-refractivity contribution in [2.75, 3.05) is 13.2 Å². The third-order valence-electron chi connectivity index (χ3n) is 7.23. The van der Waals surface area contributed by atoms with Crippen molar-refractivity contribution in [1.29, 1.82) is 0 Å². The summed E-state index contributed by atoms with van der Waals surface area (Å²) in [6.45, 7) is 9.08. The summed E-state index contributed by atoms with van der Waals surface area (Å²) in [6.07, 6.45) is 3.33. The molecule has 3 atom stereocenters. The van der Waals surface area contributed by atoms with Gasteiger partial charge in [0, 0.05) is 17.7 Å². The molecular weight excluding hydrogens is 458 g/mol. The molecule has 1 fully saturated rings. The molecule has 192 valence electrons. The SMILES string of the molecule is CCOc1cc2[nH]c(=O)n(Cc3ccc(C(=O)N[C@@H]4CCC[C@H](C)[C@@H]4C)cc3)c(=O)c2cc1OCC. The summed E-state index contributed by atoms with van der Waals surface area (Å²) in [4.78, 5) is 41.6. The first-order valence-corrected chi connectivity index (χ1v) is 12.8. The van der Waals surface area contributed by atoms with Gasteiger partial charge in [0.25, 0.3) is 11.5 Å². The van der Waals surface area contributed by atoms with Gasteiger partial charge >= 0.3 is 5.69 Å². The first-order valence-electron chi connectivity index (χ1n) is 12.8. The number of H-pyrrole nitrogens is 1. The summed E-state index contributed by atoms with van der Waals surface area (Å²) in [7, 11) is 0. The standard InChI is InChI=1S/C28H35N3O5/c1-5-35-24-14-21-23(15-25(24)36-6-2)30-28(34)31(27(21)33)16-19-10-12-20(13-11-19)26(32)29-22-9-7-8-17(3)18(22)4/h10-15,17-18,22H,5-9,16H2,1-4H3,(H,29,32)(H,30,34)/t17-,18-,22+/m0/s1. The molecule has 0 unspecified atom stereocenters. The van der Waals surface area contributed by atoms with Gasteiger partial charge in [-0.15, -0.1) is 0 Å². The van der Waals surface area contributed by atoms with Gasteiger partial charge in [-0.25, -0.2) is 4.79 Å². The van der Waals surface area contributed by atoms with Crippen LogP contribution in [0.25, 0.3) is 10.9 Å². The Morgan fingerprint density at radius 1 is 1.03 bits per heavy atom. The molecule has 36 heavy (non-hydrogen) atoms. The maximum Gasteiger partial charge on any atom is 0.329 e. The van der Waals surface area contributed by atoms with E-state index < -0.39 is 11.2 Å². The van der Waals surface area contributed by atoms with Crippen LogP contribution in [0.15, 0.2) is 46.0 Å². The fourth-order valence-corrected chi connectivity index (χ4v) is 4.92. The number of fused-ring (bicyclic) bond motifs is 1. The van der Waals surface area contributed by atoms with Crippen LogP contribution in [-0.4, -0.2) is 34.7 Å². The number of benzene rings is 2. The van der Waals surface area contributed by atoms with E-state index in [-0.39, 0.29) is 18.5 Å². The molecular formula is C28H35N3O5. The number of rotatable bonds is 8. The predicted molar refractivity (Wildman–Crippen MR) is 140 cm³/mol. The van der Waals surface area contributed by atoms with Crippen LogP contribution in [0.5, 0.6) is 11.5 Å². The summed E-state index contributed by atoms with van der Waals surface area (Å²) in [5.74, 6) is 1.88. The molecule has 0 radical (unpaired) electrons. The largest absolute Gasteiger partial charge is 0.490 e. The first-order chi connectivity index (χ1) is 17.3. The van der Waals surface area contributed by atoms with Gasteiger partial charge in [0.05, 0.1) is 30.7 Å². The lowest BCUT2D eigenvalue weighted by molar-refractivity contribution is 0.0891. The molecule has 0 bridgehead atoms. The summed E-state index contributed by atoms with van der Waals surface area (Å²) in [5.41, 5.74) is 0.774. The summed E-state index contributed by atoms with van der Waals surface area (Å²) in [5, 5.41) is 3.52. The number of aromatic amines is 1. The van der Waals surface area contributed by atoms with Crippen LogP contribution >= 0.6 is 0 Å². The topological polar surface area (TPSA) is 102 Å². The van der Waals surface area contributed by atoms with Crippen molar-refractivity contribution < 1.29 is 14.3 Å². The molecule has 0 saturated heterocycles. The molecule has 1 amide bonds. The van der Waals surface area contributed by atoms with Gasteiger partial charge in [0.1, 0.15) is 0 Å². The number of hydrogen-bond acceptors (Lipinski definition) is 5. The Morgan fingerprint density at radius 3 is 2.36 bits per heavy atom. The van der Waals surface area contributed by atoms with Gasteiger partial charge in [-0.3, -0.25) is 14.2 Å². The Morgan fingerprint density at radius 2 is 1.69 bits per heavy atom. The second kappa shape index (κ2) is 11.0. The average Bonchev–Trinajstić information content (AvgIpc) is 2.86. The molecule has 3 aromatic rings. The van der Waals surface area contributed by atoms with E-state index >= 15 is 0 Å². The third kappa shape index (κ3) is 5.32. The number of ether oxygens (including phenoxy) is 2. The number of carbonyl (C=O) groups is 1. The zero-order valence-corrected chi connectivity index (χ0v) is 21.4. The highest BCUT2D eigenvalue weighted by Gasteiger charge is 2.28. The van der Waals surface area contributed by atoms with Crippen molar-refractivity contribution >= 4 is 16.8 Å². The summed E-state index contributed by atoms with van der Waals surface area (Å²) < 4.78 is 12.4. The predicted octanol–water partition coefficient (Wildman–Crippen LogP) is 4.09. The zero-order chi connectivity index (χ0) is 25.8. The molecule has 8 nitrogen and oxygen atoms in total. The van der Waals surface area contributed by atoms with E-state index in [1.165, 1.54) is 6.42 Å². The Kier molecular flexibility index (Phi) is 7.82. The lowest BCUT2D eigenvalue weighted by Crippen LogP contribution is -2.43. The highest BCUT2D eigenvalue weighted by molar-refractivity contribution is 5.94. The molecule has 1 aliphatic rings. The first kappa shape index (κ1) is 25.5. The number of carbonyl (C=O) groups excluding carboxylic acids is 1. The van der Waals surface area contributed by atoms with E-state index in [2.05, 4.69) is 24.1 Å². The van der Waals surface area contributed by atoms with Crippen molar-refractivity contribution in [3.05, 3.63) is 68.4 Å². The Balaban J connectivity index is 1.56. The maximum atomic E-state index is 13.2. The van der Waals surface area contributed by atoms with Crippen molar-refractivity contribution in [3.8, 4) is 11.5 Å². The number of amides is 1. The maximum absolute atomic E-state index is 13.2. The van der Waals surface area contributed by atoms with Crippen molar-refractivity contribution in [2.24, 2.45) is 11.8 Å². The Labute approximate surface area is 210 Å². The Bertz CT molecular complexity index is 1340. The molecule has 8 heteroatoms. The highest BCUT2D eigenvalue weighted by atomic mass is 16.5. The van der Waals surface area contributed by atoms with Crippen molar-refractivity contribution in [2.45, 2.75) is 59.5 Å². The highest BCUT2D eigenvalue weighted by Crippen LogP contribution is 2.31. The molecule has 2 aromatic carbocycles. The zero-order valence-electron chi connectivity index (χ0n) is 21.4. The smallest absolute Gasteiger partial charge is 0.329 e. The van der Waals surface area contributed by atoms with Gasteiger partial charge < -0.3 is 19.8 Å². The summed E-state index contributed by atoms with van der Waals surface area (Å²) in [6, 6.07) is 10.5. The minimum atomic E-state index is -0.513. The van der Waals surface area contributed by atoms with E-state index in [1.807, 2.05) is 13.8 Å². The average molecular weight is 494 g/mol. The molecule has 4 rings (SSSR count). The third-order valence-corrected chi connectivity index (χ3v) is 7.23. The lowest BCUT2D eigenvalue weighted by atomic mass is 9.78. The number of hydrogen-bond donors (Lipinski definition) is 2. The second-order valence-electron chi connectivity index (χ2n) is 9.58. The van der Waals surface area contributed by atoms with E-state index in [1.54, 1.807) is 36.4 Å². The molecule has 0 spiro atoms. The van der Waals surface area contributed by atoms with E-state index in [0.717, 1.165) is 23.0 Å². The lowest BCUT2D eigenvalue weighted by Gasteiger charge is -2.34. The second-order valence-corrected chi connectivity index (χ2v) is 9.58. The van der Waals surface area contributed by atoms with Crippen LogP contribution in [0.2, 0.25) is 0 Å². The van der Waals surface area contributed by atoms with Crippen LogP contribution in [0, 0.1) is 11.8 Å². The molecule has 2 N–H and O–H groups in total.